The number of nitrogens with zero attached hydrogens (tertiary/aromatic N) is 3. The SMILES string of the molecule is COCCOc1nc(Cl)nc(NCc2cc(C)c(S(=O)(=O)[O-])cc2Nc2cc(S(=O)(=O)[O-])c(N)c3c2C(=O)c2ccccc2C3=O)n1.[Na+].[Na+]. The molecule has 49 heavy (non-hydrogen) atoms. The third-order valence-corrected chi connectivity index (χ3v) is 8.98. The molecule has 0 atom stereocenters. The van der Waals surface area contributed by atoms with E-state index in [1.165, 1.54) is 44.4 Å². The van der Waals surface area contributed by atoms with Crippen molar-refractivity contribution in [2.75, 3.05) is 36.7 Å². The van der Waals surface area contributed by atoms with Crippen molar-refractivity contribution in [3.05, 3.63) is 81.1 Å². The van der Waals surface area contributed by atoms with Crippen molar-refractivity contribution in [2.24, 2.45) is 0 Å². The Morgan fingerprint density at radius 2 is 1.45 bits per heavy atom. The minimum Gasteiger partial charge on any atom is -0.744 e. The molecule has 0 unspecified atom stereocenters. The van der Waals surface area contributed by atoms with Crippen molar-refractivity contribution >= 4 is 66.4 Å². The van der Waals surface area contributed by atoms with Gasteiger partial charge in [0.05, 0.1) is 38.9 Å². The molecular formula is C28H23ClN6Na2O10S2. The Morgan fingerprint density at radius 3 is 2.04 bits per heavy atom. The summed E-state index contributed by atoms with van der Waals surface area (Å²) in [4.78, 5) is 37.5. The minimum atomic E-state index is -5.30. The predicted molar refractivity (Wildman–Crippen MR) is 164 cm³/mol. The summed E-state index contributed by atoms with van der Waals surface area (Å²) in [6.45, 7) is 1.53. The monoisotopic (exact) mass is 748 g/mol. The van der Waals surface area contributed by atoms with E-state index in [0.717, 1.165) is 12.1 Å². The van der Waals surface area contributed by atoms with Crippen LogP contribution in [0.15, 0.2) is 52.3 Å². The van der Waals surface area contributed by atoms with E-state index in [0.29, 0.717) is 0 Å². The summed E-state index contributed by atoms with van der Waals surface area (Å²) in [5.74, 6) is -1.61. The number of hydrogen-bond acceptors (Lipinski definition) is 16. The molecule has 0 saturated carbocycles. The van der Waals surface area contributed by atoms with Crippen LogP contribution < -0.4 is 80.2 Å². The number of hydrogen-bond donors (Lipinski definition) is 3. The fraction of sp³-hybridized carbons (Fsp3) is 0.179. The number of ketones is 2. The summed E-state index contributed by atoms with van der Waals surface area (Å²) in [5, 5.41) is 5.41. The molecule has 1 heterocycles. The Bertz CT molecular complexity index is 2190. The number of anilines is 4. The Hall–Kier alpha value is -2.72. The first-order valence-electron chi connectivity index (χ1n) is 13.3. The molecule has 4 N–H and O–H groups in total. The van der Waals surface area contributed by atoms with Crippen LogP contribution in [0.2, 0.25) is 5.28 Å². The number of methoxy groups -OCH3 is 1. The second-order valence-corrected chi connectivity index (χ2v) is 13.0. The third-order valence-electron chi connectivity index (χ3n) is 6.95. The average molecular weight is 749 g/mol. The van der Waals surface area contributed by atoms with Gasteiger partial charge in [-0.25, -0.2) is 16.8 Å². The largest absolute Gasteiger partial charge is 1.00 e. The Kier molecular flexibility index (Phi) is 13.4. The van der Waals surface area contributed by atoms with Crippen LogP contribution in [0.5, 0.6) is 6.01 Å². The van der Waals surface area contributed by atoms with Crippen LogP contribution in [0.4, 0.5) is 23.0 Å². The molecule has 0 amide bonds. The number of fused-ring (bicyclic) bond motifs is 2. The minimum absolute atomic E-state index is 0. The van der Waals surface area contributed by atoms with Crippen LogP contribution in [-0.4, -0.2) is 72.8 Å². The van der Waals surface area contributed by atoms with Gasteiger partial charge in [-0.15, -0.1) is 0 Å². The number of ether oxygens (including phenoxy) is 2. The fourth-order valence-corrected chi connectivity index (χ4v) is 6.39. The summed E-state index contributed by atoms with van der Waals surface area (Å²) < 4.78 is 83.4. The average Bonchev–Trinajstić information content (AvgIpc) is 2.99. The number of carbonyl (C=O) groups excluding carboxylic acids is 2. The number of nitrogens with two attached hydrogens (primary N) is 1. The molecule has 0 bridgehead atoms. The van der Waals surface area contributed by atoms with Crippen LogP contribution in [0.25, 0.3) is 0 Å². The number of benzene rings is 3. The van der Waals surface area contributed by atoms with Gasteiger partial charge in [0.1, 0.15) is 26.8 Å². The molecule has 5 rings (SSSR count). The summed E-state index contributed by atoms with van der Waals surface area (Å²) in [6, 6.07) is 8.67. The number of nitrogens with one attached hydrogen (secondary N) is 2. The van der Waals surface area contributed by atoms with Crippen LogP contribution in [0.1, 0.15) is 43.0 Å². The van der Waals surface area contributed by atoms with Gasteiger partial charge in [-0.05, 0) is 41.8 Å². The van der Waals surface area contributed by atoms with Crippen molar-refractivity contribution in [2.45, 2.75) is 23.3 Å². The second kappa shape index (κ2) is 16.1. The Labute approximate surface area is 329 Å². The van der Waals surface area contributed by atoms with Crippen molar-refractivity contribution in [1.82, 2.24) is 15.0 Å². The van der Waals surface area contributed by atoms with E-state index in [-0.39, 0.29) is 135 Å². The third kappa shape index (κ3) is 8.78. The van der Waals surface area contributed by atoms with Crippen molar-refractivity contribution in [1.29, 1.82) is 0 Å². The van der Waals surface area contributed by atoms with Crippen molar-refractivity contribution in [3.63, 3.8) is 0 Å². The molecule has 246 valence electrons. The van der Waals surface area contributed by atoms with E-state index in [9.17, 15) is 35.5 Å². The number of aromatic nitrogens is 3. The zero-order valence-electron chi connectivity index (χ0n) is 26.4. The van der Waals surface area contributed by atoms with E-state index in [4.69, 9.17) is 26.8 Å². The van der Waals surface area contributed by atoms with Gasteiger partial charge >= 0.3 is 65.1 Å². The quantitative estimate of drug-likeness (QED) is 0.0510. The molecule has 4 aromatic rings. The van der Waals surface area contributed by atoms with Gasteiger partial charge in [0.15, 0.2) is 11.6 Å². The maximum absolute atomic E-state index is 13.7. The standard InChI is InChI=1S/C28H25ClN6O10S2.2Na/c1-13-9-14(12-31-27-33-26(29)34-28(35-27)45-8-7-44-2)17(10-19(13)46(38,39)40)32-18-11-20(47(41,42)43)23(30)22-21(18)24(36)15-5-3-4-6-16(15)25(22)37;;/h3-6,9-11,32H,7-8,12,30H2,1-2H3,(H,38,39,40)(H,41,42,43)(H,31,33,34,35);;/q;2*+1/p-2. The van der Waals surface area contributed by atoms with E-state index in [1.807, 2.05) is 0 Å². The number of carbonyl (C=O) groups is 2. The number of halogens is 1. The van der Waals surface area contributed by atoms with E-state index >= 15 is 0 Å². The first-order chi connectivity index (χ1) is 22.1. The summed E-state index contributed by atoms with van der Waals surface area (Å²) >= 11 is 6.00. The molecule has 16 nitrogen and oxygen atoms in total. The molecule has 0 aliphatic heterocycles. The molecule has 21 heteroatoms. The molecule has 1 aromatic heterocycles. The van der Waals surface area contributed by atoms with Crippen LogP contribution in [-0.2, 0) is 31.5 Å². The smallest absolute Gasteiger partial charge is 0.744 e. The molecular weight excluding hydrogens is 726 g/mol. The number of rotatable bonds is 11. The normalized spacial score (nSPS) is 12.3. The van der Waals surface area contributed by atoms with Crippen LogP contribution in [0.3, 0.4) is 0 Å². The summed E-state index contributed by atoms with van der Waals surface area (Å²) in [7, 11) is -8.87. The summed E-state index contributed by atoms with van der Waals surface area (Å²) in [5.41, 5.74) is 4.08. The Balaban J connectivity index is 0.00000325. The maximum Gasteiger partial charge on any atom is 1.00 e. The topological polar surface area (TPSA) is 256 Å². The van der Waals surface area contributed by atoms with Gasteiger partial charge in [-0.2, -0.15) is 15.0 Å². The van der Waals surface area contributed by atoms with Gasteiger partial charge in [0.25, 0.3) is 0 Å². The molecule has 0 fully saturated rings. The van der Waals surface area contributed by atoms with Crippen molar-refractivity contribution < 1.29 is 104 Å². The molecule has 0 saturated heterocycles. The second-order valence-electron chi connectivity index (χ2n) is 10.0. The maximum atomic E-state index is 13.7. The van der Waals surface area contributed by atoms with Gasteiger partial charge in [0, 0.05) is 30.5 Å². The zero-order chi connectivity index (χ0) is 34.3. The molecule has 0 spiro atoms. The zero-order valence-corrected chi connectivity index (χ0v) is 32.7. The van der Waals surface area contributed by atoms with Gasteiger partial charge in [-0.3, -0.25) is 9.59 Å². The first-order valence-corrected chi connectivity index (χ1v) is 16.5. The van der Waals surface area contributed by atoms with Crippen LogP contribution in [0, 0.1) is 6.92 Å². The predicted octanol–water partition coefficient (Wildman–Crippen LogP) is -3.61. The fourth-order valence-electron chi connectivity index (χ4n) is 4.89. The molecule has 3 aromatic carbocycles. The van der Waals surface area contributed by atoms with Gasteiger partial charge in [0.2, 0.25) is 11.2 Å². The molecule has 0 radical (unpaired) electrons. The van der Waals surface area contributed by atoms with E-state index in [1.54, 1.807) is 0 Å². The van der Waals surface area contributed by atoms with E-state index < -0.39 is 52.8 Å². The Morgan fingerprint density at radius 1 is 0.857 bits per heavy atom. The molecule has 1 aliphatic rings. The summed E-state index contributed by atoms with van der Waals surface area (Å²) in [6.07, 6.45) is 0. The number of aryl methyl sites for hydroxylation is 1. The molecule has 1 aliphatic carbocycles. The van der Waals surface area contributed by atoms with Gasteiger partial charge < -0.3 is 34.9 Å². The van der Waals surface area contributed by atoms with Crippen LogP contribution >= 0.6 is 11.6 Å². The number of nitrogen functional groups attached to an aromatic ring is 1. The van der Waals surface area contributed by atoms with Gasteiger partial charge in [-0.1, -0.05) is 30.3 Å². The van der Waals surface area contributed by atoms with E-state index in [2.05, 4.69) is 25.6 Å². The first kappa shape index (κ1) is 40.7. The van der Waals surface area contributed by atoms with Crippen molar-refractivity contribution in [3.8, 4) is 6.01 Å².